The normalized spacial score (nSPS) is 14.1. The molecule has 23 heavy (non-hydrogen) atoms. The molecule has 1 saturated carbocycles. The Kier molecular flexibility index (Phi) is 3.54. The molecule has 2 heterocycles. The van der Waals surface area contributed by atoms with Gasteiger partial charge in [-0.25, -0.2) is 4.98 Å². The standard InChI is InChI=1S/C18H16ClN3O/c19-15-6-3-13(4-7-15)14-5-8-17-21-16(11-22(17)10-14)18(23)20-9-12-1-2-12/h3-8,10-12H,1-2,9H2,(H,20,23). The predicted molar refractivity (Wildman–Crippen MR) is 90.7 cm³/mol. The Hall–Kier alpha value is -2.33. The third-order valence-electron chi connectivity index (χ3n) is 4.11. The lowest BCUT2D eigenvalue weighted by Crippen LogP contribution is -2.25. The Labute approximate surface area is 139 Å². The summed E-state index contributed by atoms with van der Waals surface area (Å²) < 4.78 is 1.88. The van der Waals surface area contributed by atoms with Gasteiger partial charge in [-0.1, -0.05) is 23.7 Å². The van der Waals surface area contributed by atoms with Gasteiger partial charge in [0.05, 0.1) is 0 Å². The molecule has 0 saturated heterocycles. The van der Waals surface area contributed by atoms with Crippen molar-refractivity contribution in [2.24, 2.45) is 5.92 Å². The van der Waals surface area contributed by atoms with E-state index in [4.69, 9.17) is 11.6 Å². The van der Waals surface area contributed by atoms with Crippen LogP contribution in [0.3, 0.4) is 0 Å². The number of carbonyl (C=O) groups excluding carboxylic acids is 1. The van der Waals surface area contributed by atoms with E-state index in [9.17, 15) is 4.79 Å². The average Bonchev–Trinajstić information content (AvgIpc) is 3.29. The molecule has 1 aromatic carbocycles. The summed E-state index contributed by atoms with van der Waals surface area (Å²) >= 11 is 5.93. The van der Waals surface area contributed by atoms with E-state index in [1.807, 2.05) is 47.0 Å². The quantitative estimate of drug-likeness (QED) is 0.793. The zero-order valence-electron chi connectivity index (χ0n) is 12.5. The van der Waals surface area contributed by atoms with Crippen molar-refractivity contribution in [2.45, 2.75) is 12.8 Å². The van der Waals surface area contributed by atoms with Crippen LogP contribution in [-0.4, -0.2) is 21.8 Å². The topological polar surface area (TPSA) is 46.4 Å². The lowest BCUT2D eigenvalue weighted by Gasteiger charge is -2.02. The fraction of sp³-hybridized carbons (Fsp3) is 0.222. The molecule has 3 aromatic rings. The highest BCUT2D eigenvalue weighted by molar-refractivity contribution is 6.30. The van der Waals surface area contributed by atoms with Crippen LogP contribution >= 0.6 is 11.6 Å². The van der Waals surface area contributed by atoms with Crippen LogP contribution in [0.5, 0.6) is 0 Å². The maximum Gasteiger partial charge on any atom is 0.271 e. The highest BCUT2D eigenvalue weighted by Gasteiger charge is 2.22. The van der Waals surface area contributed by atoms with Crippen molar-refractivity contribution in [1.82, 2.24) is 14.7 Å². The molecule has 2 aromatic heterocycles. The van der Waals surface area contributed by atoms with Gasteiger partial charge in [-0.2, -0.15) is 0 Å². The first-order chi connectivity index (χ1) is 11.2. The van der Waals surface area contributed by atoms with E-state index in [1.165, 1.54) is 12.8 Å². The lowest BCUT2D eigenvalue weighted by molar-refractivity contribution is 0.0947. The molecular weight excluding hydrogens is 310 g/mol. The minimum Gasteiger partial charge on any atom is -0.350 e. The molecule has 116 valence electrons. The predicted octanol–water partition coefficient (Wildman–Crippen LogP) is 3.79. The van der Waals surface area contributed by atoms with Crippen LogP contribution in [0.15, 0.2) is 48.8 Å². The van der Waals surface area contributed by atoms with Gasteiger partial charge in [-0.05, 0) is 54.2 Å². The van der Waals surface area contributed by atoms with E-state index in [-0.39, 0.29) is 5.91 Å². The second-order valence-electron chi connectivity index (χ2n) is 5.97. The van der Waals surface area contributed by atoms with Crippen molar-refractivity contribution in [3.8, 4) is 11.1 Å². The molecule has 0 unspecified atom stereocenters. The van der Waals surface area contributed by atoms with Crippen molar-refractivity contribution in [3.63, 3.8) is 0 Å². The fourth-order valence-electron chi connectivity index (χ4n) is 2.56. The number of rotatable bonds is 4. The van der Waals surface area contributed by atoms with Crippen LogP contribution in [0.4, 0.5) is 0 Å². The third kappa shape index (κ3) is 3.08. The Morgan fingerprint density at radius 1 is 1.13 bits per heavy atom. The number of nitrogens with zero attached hydrogens (tertiary/aromatic N) is 2. The van der Waals surface area contributed by atoms with Crippen molar-refractivity contribution in [2.75, 3.05) is 6.54 Å². The minimum atomic E-state index is -0.103. The molecule has 0 spiro atoms. The van der Waals surface area contributed by atoms with Crippen molar-refractivity contribution in [1.29, 1.82) is 0 Å². The summed E-state index contributed by atoms with van der Waals surface area (Å²) in [6.07, 6.45) is 6.19. The first-order valence-electron chi connectivity index (χ1n) is 7.72. The van der Waals surface area contributed by atoms with E-state index < -0.39 is 0 Å². The third-order valence-corrected chi connectivity index (χ3v) is 4.36. The average molecular weight is 326 g/mol. The van der Waals surface area contributed by atoms with Gasteiger partial charge in [0, 0.05) is 24.0 Å². The number of hydrogen-bond donors (Lipinski definition) is 1. The lowest BCUT2D eigenvalue weighted by atomic mass is 10.1. The van der Waals surface area contributed by atoms with E-state index in [1.54, 1.807) is 6.20 Å². The number of amides is 1. The van der Waals surface area contributed by atoms with E-state index >= 15 is 0 Å². The number of imidazole rings is 1. The number of aromatic nitrogens is 2. The van der Waals surface area contributed by atoms with Crippen LogP contribution < -0.4 is 5.32 Å². The van der Waals surface area contributed by atoms with Crippen LogP contribution in [0.2, 0.25) is 5.02 Å². The van der Waals surface area contributed by atoms with Gasteiger partial charge in [0.15, 0.2) is 0 Å². The first kappa shape index (κ1) is 14.3. The van der Waals surface area contributed by atoms with Crippen LogP contribution in [-0.2, 0) is 0 Å². The van der Waals surface area contributed by atoms with Crippen molar-refractivity contribution in [3.05, 3.63) is 59.5 Å². The van der Waals surface area contributed by atoms with Gasteiger partial charge in [0.25, 0.3) is 5.91 Å². The number of halogens is 1. The highest BCUT2D eigenvalue weighted by Crippen LogP contribution is 2.27. The summed E-state index contributed by atoms with van der Waals surface area (Å²) in [5.74, 6) is 0.557. The maximum atomic E-state index is 12.1. The maximum absolute atomic E-state index is 12.1. The van der Waals surface area contributed by atoms with E-state index in [0.29, 0.717) is 16.6 Å². The second-order valence-corrected chi connectivity index (χ2v) is 6.41. The number of nitrogens with one attached hydrogen (secondary N) is 1. The Morgan fingerprint density at radius 3 is 2.61 bits per heavy atom. The van der Waals surface area contributed by atoms with E-state index in [0.717, 1.165) is 23.3 Å². The Morgan fingerprint density at radius 2 is 1.87 bits per heavy atom. The molecular formula is C18H16ClN3O. The summed E-state index contributed by atoms with van der Waals surface area (Å²) in [5, 5.41) is 3.66. The summed E-state index contributed by atoms with van der Waals surface area (Å²) in [7, 11) is 0. The zero-order valence-corrected chi connectivity index (χ0v) is 13.3. The SMILES string of the molecule is O=C(NCC1CC1)c1cn2cc(-c3ccc(Cl)cc3)ccc2n1. The van der Waals surface area contributed by atoms with Gasteiger partial charge >= 0.3 is 0 Å². The van der Waals surface area contributed by atoms with Crippen molar-refractivity contribution < 1.29 is 4.79 Å². The number of fused-ring (bicyclic) bond motifs is 1. The molecule has 1 N–H and O–H groups in total. The summed E-state index contributed by atoms with van der Waals surface area (Å²) in [4.78, 5) is 16.5. The zero-order chi connectivity index (χ0) is 15.8. The summed E-state index contributed by atoms with van der Waals surface area (Å²) in [6, 6.07) is 11.6. The monoisotopic (exact) mass is 325 g/mol. The number of carbonyl (C=O) groups is 1. The molecule has 0 aliphatic heterocycles. The molecule has 0 radical (unpaired) electrons. The second kappa shape index (κ2) is 5.70. The molecule has 0 bridgehead atoms. The molecule has 1 aliphatic rings. The molecule has 1 aliphatic carbocycles. The number of pyridine rings is 1. The number of benzene rings is 1. The fourth-order valence-corrected chi connectivity index (χ4v) is 2.69. The number of hydrogen-bond acceptors (Lipinski definition) is 2. The van der Waals surface area contributed by atoms with Crippen molar-refractivity contribution >= 4 is 23.2 Å². The van der Waals surface area contributed by atoms with E-state index in [2.05, 4.69) is 10.3 Å². The molecule has 0 atom stereocenters. The van der Waals surface area contributed by atoms with Gasteiger partial charge < -0.3 is 9.72 Å². The van der Waals surface area contributed by atoms with Gasteiger partial charge in [0.1, 0.15) is 11.3 Å². The minimum absolute atomic E-state index is 0.103. The van der Waals surface area contributed by atoms with Gasteiger partial charge in [-0.3, -0.25) is 4.79 Å². The molecule has 1 fully saturated rings. The molecule has 5 heteroatoms. The Balaban J connectivity index is 1.60. The van der Waals surface area contributed by atoms with Gasteiger partial charge in [-0.15, -0.1) is 0 Å². The first-order valence-corrected chi connectivity index (χ1v) is 8.10. The smallest absolute Gasteiger partial charge is 0.271 e. The van der Waals surface area contributed by atoms with Crippen LogP contribution in [0, 0.1) is 5.92 Å². The van der Waals surface area contributed by atoms with Crippen LogP contribution in [0.1, 0.15) is 23.3 Å². The highest BCUT2D eigenvalue weighted by atomic mass is 35.5. The summed E-state index contributed by atoms with van der Waals surface area (Å²) in [6.45, 7) is 0.753. The van der Waals surface area contributed by atoms with Crippen LogP contribution in [0.25, 0.3) is 16.8 Å². The van der Waals surface area contributed by atoms with Gasteiger partial charge in [0.2, 0.25) is 0 Å². The molecule has 4 rings (SSSR count). The summed E-state index contributed by atoms with van der Waals surface area (Å²) in [5.41, 5.74) is 3.35. The Bertz CT molecular complexity index is 866. The molecule has 4 nitrogen and oxygen atoms in total. The largest absolute Gasteiger partial charge is 0.350 e. The molecule has 1 amide bonds.